The van der Waals surface area contributed by atoms with Crippen molar-refractivity contribution in [3.8, 4) is 0 Å². The number of aromatic nitrogens is 2. The highest BCUT2D eigenvalue weighted by Crippen LogP contribution is 2.18. The van der Waals surface area contributed by atoms with Crippen molar-refractivity contribution in [2.75, 3.05) is 6.26 Å². The molecular formula is C18H24N2S+2. The summed E-state index contributed by atoms with van der Waals surface area (Å²) in [7, 11) is 0. The molecule has 0 atom stereocenters. The molecule has 0 unspecified atom stereocenters. The summed E-state index contributed by atoms with van der Waals surface area (Å²) in [5.41, 5.74) is 2.50. The Morgan fingerprint density at radius 3 is 2.43 bits per heavy atom. The second kappa shape index (κ2) is 6.44. The first kappa shape index (κ1) is 15.8. The molecule has 0 fully saturated rings. The first-order chi connectivity index (χ1) is 9.93. The van der Waals surface area contributed by atoms with Gasteiger partial charge in [-0.15, -0.1) is 0 Å². The van der Waals surface area contributed by atoms with Gasteiger partial charge in [-0.1, -0.05) is 38.6 Å². The van der Waals surface area contributed by atoms with E-state index in [-0.39, 0.29) is 5.41 Å². The Labute approximate surface area is 132 Å². The summed E-state index contributed by atoms with van der Waals surface area (Å²) in [6.07, 6.45) is 6.30. The third-order valence-electron chi connectivity index (χ3n) is 3.43. The Bertz CT molecular complexity index is 642. The molecule has 0 saturated carbocycles. The molecule has 0 radical (unpaired) electrons. The zero-order valence-electron chi connectivity index (χ0n) is 13.3. The van der Waals surface area contributed by atoms with Crippen LogP contribution in [-0.2, 0) is 12.0 Å². The zero-order chi connectivity index (χ0) is 15.5. The fourth-order valence-corrected chi connectivity index (χ4v) is 3.02. The van der Waals surface area contributed by atoms with E-state index in [9.17, 15) is 0 Å². The minimum Gasteiger partial charge on any atom is -0.191 e. The van der Waals surface area contributed by atoms with Crippen molar-refractivity contribution in [3.63, 3.8) is 0 Å². The van der Waals surface area contributed by atoms with Gasteiger partial charge in [0.25, 0.3) is 0 Å². The maximum atomic E-state index is 4.28. The molecule has 0 spiro atoms. The molecule has 2 nitrogen and oxygen atoms in total. The van der Waals surface area contributed by atoms with E-state index in [1.54, 1.807) is 11.8 Å². The Morgan fingerprint density at radius 2 is 1.76 bits per heavy atom. The van der Waals surface area contributed by atoms with E-state index >= 15 is 0 Å². The first-order valence-electron chi connectivity index (χ1n) is 7.15. The lowest BCUT2D eigenvalue weighted by Crippen LogP contribution is -2.48. The minimum atomic E-state index is 0.116. The fourth-order valence-electron chi connectivity index (χ4n) is 2.42. The highest BCUT2D eigenvalue weighted by atomic mass is 32.2. The van der Waals surface area contributed by atoms with Gasteiger partial charge in [0.2, 0.25) is 17.3 Å². The maximum Gasteiger partial charge on any atom is 0.246 e. The van der Waals surface area contributed by atoms with E-state index < -0.39 is 0 Å². The van der Waals surface area contributed by atoms with E-state index in [0.29, 0.717) is 0 Å². The van der Waals surface area contributed by atoms with Gasteiger partial charge in [-0.3, -0.25) is 0 Å². The molecule has 110 valence electrons. The quantitative estimate of drug-likeness (QED) is 0.620. The standard InChI is InChI=1S/C18H24N2S/c1-15(20-13-9-7-11-17(20)21-5)14-19-12-8-6-10-16(19)18(2,3)4/h6-13H,1,14H2,2-5H3/q+2. The maximum absolute atomic E-state index is 4.28. The van der Waals surface area contributed by atoms with Crippen LogP contribution in [0.15, 0.2) is 60.4 Å². The lowest BCUT2D eigenvalue weighted by Gasteiger charge is -2.16. The molecule has 0 aliphatic rings. The number of thioether (sulfide) groups is 1. The summed E-state index contributed by atoms with van der Waals surface area (Å²) in [4.78, 5) is 0. The van der Waals surface area contributed by atoms with E-state index in [4.69, 9.17) is 0 Å². The molecule has 0 bridgehead atoms. The van der Waals surface area contributed by atoms with Crippen LogP contribution in [0.5, 0.6) is 0 Å². The third kappa shape index (κ3) is 3.73. The number of nitrogens with zero attached hydrogens (tertiary/aromatic N) is 2. The SMILES string of the molecule is C=C(C[n+]1ccccc1C(C)(C)C)[n+]1ccccc1SC. The summed E-state index contributed by atoms with van der Waals surface area (Å²) >= 11 is 1.74. The fraction of sp³-hybridized carbons (Fsp3) is 0.333. The van der Waals surface area contributed by atoms with Crippen LogP contribution in [0.25, 0.3) is 5.70 Å². The van der Waals surface area contributed by atoms with Crippen LogP contribution in [0, 0.1) is 0 Å². The topological polar surface area (TPSA) is 7.76 Å². The van der Waals surface area contributed by atoms with Gasteiger partial charge in [-0.25, -0.2) is 0 Å². The van der Waals surface area contributed by atoms with Crippen molar-refractivity contribution in [2.45, 2.75) is 37.8 Å². The van der Waals surface area contributed by atoms with Crippen molar-refractivity contribution in [2.24, 2.45) is 0 Å². The van der Waals surface area contributed by atoms with Crippen molar-refractivity contribution in [1.82, 2.24) is 0 Å². The largest absolute Gasteiger partial charge is 0.246 e. The van der Waals surface area contributed by atoms with Crippen LogP contribution in [0.3, 0.4) is 0 Å². The number of allylic oxidation sites excluding steroid dienone is 1. The molecule has 0 N–H and O–H groups in total. The van der Waals surface area contributed by atoms with Crippen molar-refractivity contribution in [3.05, 3.63) is 61.1 Å². The van der Waals surface area contributed by atoms with E-state index in [1.165, 1.54) is 10.7 Å². The molecule has 2 aromatic heterocycles. The molecule has 21 heavy (non-hydrogen) atoms. The Hall–Kier alpha value is -1.61. The predicted octanol–water partition coefficient (Wildman–Crippen LogP) is 3.45. The molecule has 0 aliphatic heterocycles. The molecular weight excluding hydrogens is 276 g/mol. The van der Waals surface area contributed by atoms with Gasteiger partial charge >= 0.3 is 0 Å². The predicted molar refractivity (Wildman–Crippen MR) is 89.1 cm³/mol. The second-order valence-electron chi connectivity index (χ2n) is 6.14. The molecule has 3 heteroatoms. The van der Waals surface area contributed by atoms with Crippen molar-refractivity contribution >= 4 is 17.5 Å². The average Bonchev–Trinajstić information content (AvgIpc) is 2.46. The number of hydrogen-bond acceptors (Lipinski definition) is 1. The Morgan fingerprint density at radius 1 is 1.10 bits per heavy atom. The summed E-state index contributed by atoms with van der Waals surface area (Å²) in [6.45, 7) is 11.8. The van der Waals surface area contributed by atoms with Gasteiger partial charge in [-0.2, -0.15) is 9.13 Å². The summed E-state index contributed by atoms with van der Waals surface area (Å²) in [5.74, 6) is 0. The minimum absolute atomic E-state index is 0.116. The van der Waals surface area contributed by atoms with Crippen LogP contribution in [-0.4, -0.2) is 6.26 Å². The van der Waals surface area contributed by atoms with E-state index in [2.05, 4.69) is 85.5 Å². The molecule has 2 aromatic rings. The lowest BCUT2D eigenvalue weighted by molar-refractivity contribution is -0.724. The van der Waals surface area contributed by atoms with Crippen LogP contribution in [0.1, 0.15) is 26.5 Å². The number of rotatable bonds is 4. The van der Waals surface area contributed by atoms with Crippen LogP contribution >= 0.6 is 11.8 Å². The molecule has 0 aliphatic carbocycles. The van der Waals surface area contributed by atoms with Crippen molar-refractivity contribution in [1.29, 1.82) is 0 Å². The van der Waals surface area contributed by atoms with Gasteiger partial charge in [0.1, 0.15) is 0 Å². The van der Waals surface area contributed by atoms with Crippen molar-refractivity contribution < 1.29 is 9.13 Å². The monoisotopic (exact) mass is 300 g/mol. The normalized spacial score (nSPS) is 11.4. The van der Waals surface area contributed by atoms with Gasteiger partial charge in [0.05, 0.1) is 0 Å². The highest BCUT2D eigenvalue weighted by Gasteiger charge is 2.27. The molecule has 0 amide bonds. The zero-order valence-corrected chi connectivity index (χ0v) is 14.2. The Balaban J connectivity index is 2.33. The third-order valence-corrected chi connectivity index (χ3v) is 4.19. The molecule has 0 saturated heterocycles. The molecule has 0 aromatic carbocycles. The van der Waals surface area contributed by atoms with Crippen LogP contribution < -0.4 is 9.13 Å². The van der Waals surface area contributed by atoms with Crippen LogP contribution in [0.4, 0.5) is 0 Å². The summed E-state index contributed by atoms with van der Waals surface area (Å²) in [5, 5.41) is 1.20. The first-order valence-corrected chi connectivity index (χ1v) is 8.38. The molecule has 2 rings (SSSR count). The van der Waals surface area contributed by atoms with Gasteiger partial charge in [0, 0.05) is 29.7 Å². The highest BCUT2D eigenvalue weighted by molar-refractivity contribution is 7.98. The van der Waals surface area contributed by atoms with Gasteiger partial charge in [-0.05, 0) is 18.9 Å². The van der Waals surface area contributed by atoms with E-state index in [1.807, 2.05) is 6.07 Å². The van der Waals surface area contributed by atoms with Gasteiger partial charge in [0.15, 0.2) is 18.1 Å². The number of pyridine rings is 2. The van der Waals surface area contributed by atoms with Gasteiger partial charge < -0.3 is 0 Å². The van der Waals surface area contributed by atoms with E-state index in [0.717, 1.165) is 12.2 Å². The van der Waals surface area contributed by atoms with Crippen LogP contribution in [0.2, 0.25) is 0 Å². The Kier molecular flexibility index (Phi) is 4.84. The summed E-state index contributed by atoms with van der Waals surface area (Å²) < 4.78 is 4.45. The molecule has 2 heterocycles. The second-order valence-corrected chi connectivity index (χ2v) is 6.97. The smallest absolute Gasteiger partial charge is 0.191 e. The lowest BCUT2D eigenvalue weighted by atomic mass is 9.91. The average molecular weight is 300 g/mol. The number of hydrogen-bond donors (Lipinski definition) is 0. The summed E-state index contributed by atoms with van der Waals surface area (Å²) in [6, 6.07) is 12.6.